The predicted octanol–water partition coefficient (Wildman–Crippen LogP) is 1.15. The molecule has 14 heavy (non-hydrogen) atoms. The normalized spacial score (nSPS) is 35.9. The number of ether oxygens (including phenoxy) is 2. The van der Waals surface area contributed by atoms with E-state index in [1.165, 1.54) is 25.7 Å². The Balaban J connectivity index is 0.000000121. The largest absolute Gasteiger partial charge is 0.373 e. The minimum Gasteiger partial charge on any atom is -0.373 e. The van der Waals surface area contributed by atoms with E-state index in [9.17, 15) is 0 Å². The topological polar surface area (TPSA) is 59.2 Å². The van der Waals surface area contributed by atoms with Gasteiger partial charge in [-0.2, -0.15) is 9.59 Å². The summed E-state index contributed by atoms with van der Waals surface area (Å²) < 4.78 is 9.99. The molecule has 0 spiro atoms. The molecule has 3 unspecified atom stereocenters. The third kappa shape index (κ3) is 5.12. The van der Waals surface area contributed by atoms with Crippen molar-refractivity contribution in [2.75, 3.05) is 6.61 Å². The highest BCUT2D eigenvalue weighted by molar-refractivity contribution is 5.20. The molecule has 0 bridgehead atoms. The van der Waals surface area contributed by atoms with Crippen molar-refractivity contribution < 1.29 is 19.1 Å². The van der Waals surface area contributed by atoms with Crippen LogP contribution in [0, 0.1) is 0 Å². The van der Waals surface area contributed by atoms with Gasteiger partial charge < -0.3 is 9.47 Å². The molecule has 4 heteroatoms. The van der Waals surface area contributed by atoms with Gasteiger partial charge >= 0.3 is 6.15 Å². The van der Waals surface area contributed by atoms with Crippen molar-refractivity contribution in [2.45, 2.75) is 50.9 Å². The van der Waals surface area contributed by atoms with E-state index in [0.717, 1.165) is 6.61 Å². The summed E-state index contributed by atoms with van der Waals surface area (Å²) in [6.45, 7) is 3.04. The molecule has 2 aliphatic heterocycles. The summed E-state index contributed by atoms with van der Waals surface area (Å²) in [4.78, 5) is 16.2. The highest BCUT2D eigenvalue weighted by atomic mass is 16.6. The average molecular weight is 200 g/mol. The van der Waals surface area contributed by atoms with Gasteiger partial charge in [0, 0.05) is 0 Å². The number of hydrogen-bond acceptors (Lipinski definition) is 4. The first-order chi connectivity index (χ1) is 6.77. The Morgan fingerprint density at radius 3 is 1.71 bits per heavy atom. The van der Waals surface area contributed by atoms with Gasteiger partial charge in [-0.3, -0.25) is 0 Å². The SMILES string of the molecule is C1CCC2OC2C1.CC1CO1.O=C=O. The van der Waals surface area contributed by atoms with Crippen LogP contribution in [0.25, 0.3) is 0 Å². The summed E-state index contributed by atoms with van der Waals surface area (Å²) in [7, 11) is 0. The Kier molecular flexibility index (Phi) is 4.80. The van der Waals surface area contributed by atoms with Crippen molar-refractivity contribution in [1.29, 1.82) is 0 Å². The average Bonchev–Trinajstić information content (AvgIpc) is 3.01. The van der Waals surface area contributed by atoms with Crippen LogP contribution in [0.5, 0.6) is 0 Å². The molecule has 3 rings (SSSR count). The fraction of sp³-hybridized carbons (Fsp3) is 0.900. The number of epoxide rings is 2. The smallest absolute Gasteiger partial charge is 0.373 e. The van der Waals surface area contributed by atoms with Gasteiger partial charge in [0.05, 0.1) is 24.9 Å². The molecular weight excluding hydrogens is 184 g/mol. The monoisotopic (exact) mass is 200 g/mol. The van der Waals surface area contributed by atoms with E-state index in [4.69, 9.17) is 19.1 Å². The van der Waals surface area contributed by atoms with Crippen LogP contribution in [-0.2, 0) is 19.1 Å². The molecule has 1 aliphatic carbocycles. The molecular formula is C10H16O4. The molecule has 2 saturated heterocycles. The van der Waals surface area contributed by atoms with Crippen molar-refractivity contribution in [1.82, 2.24) is 0 Å². The lowest BCUT2D eigenvalue weighted by molar-refractivity contribution is -0.191. The van der Waals surface area contributed by atoms with Crippen LogP contribution in [0.3, 0.4) is 0 Å². The highest BCUT2D eigenvalue weighted by Gasteiger charge is 2.39. The number of carbonyl (C=O) groups excluding carboxylic acids is 2. The summed E-state index contributed by atoms with van der Waals surface area (Å²) in [5.74, 6) is 0. The van der Waals surface area contributed by atoms with Gasteiger partial charge in [0.1, 0.15) is 0 Å². The maximum Gasteiger partial charge on any atom is 0.373 e. The van der Waals surface area contributed by atoms with Gasteiger partial charge in [-0.1, -0.05) is 12.8 Å². The molecule has 4 nitrogen and oxygen atoms in total. The van der Waals surface area contributed by atoms with Crippen molar-refractivity contribution in [2.24, 2.45) is 0 Å². The van der Waals surface area contributed by atoms with Gasteiger partial charge in [0.15, 0.2) is 0 Å². The Hall–Kier alpha value is -0.700. The van der Waals surface area contributed by atoms with Crippen LogP contribution < -0.4 is 0 Å². The van der Waals surface area contributed by atoms with Crippen LogP contribution in [0.1, 0.15) is 32.6 Å². The predicted molar refractivity (Wildman–Crippen MR) is 47.6 cm³/mol. The Labute approximate surface area is 83.6 Å². The van der Waals surface area contributed by atoms with E-state index in [-0.39, 0.29) is 6.15 Å². The first-order valence-corrected chi connectivity index (χ1v) is 5.04. The Bertz CT molecular complexity index is 184. The Morgan fingerprint density at radius 1 is 1.14 bits per heavy atom. The summed E-state index contributed by atoms with van der Waals surface area (Å²) in [5, 5.41) is 0. The molecule has 3 fully saturated rings. The zero-order valence-electron chi connectivity index (χ0n) is 8.40. The lowest BCUT2D eigenvalue weighted by Crippen LogP contribution is -2.00. The molecule has 0 radical (unpaired) electrons. The van der Waals surface area contributed by atoms with Gasteiger partial charge in [-0.25, -0.2) is 0 Å². The fourth-order valence-corrected chi connectivity index (χ4v) is 1.47. The van der Waals surface area contributed by atoms with E-state index in [2.05, 4.69) is 6.92 Å². The fourth-order valence-electron chi connectivity index (χ4n) is 1.47. The standard InChI is InChI=1S/C6H10O.C3H6O.CO2/c1-2-4-6-5(3-1)7-6;1-3-2-4-3;2-1-3/h5-6H,1-4H2;3H,2H2,1H3;. The van der Waals surface area contributed by atoms with Crippen molar-refractivity contribution >= 4 is 6.15 Å². The number of rotatable bonds is 0. The minimum atomic E-state index is 0.250. The second kappa shape index (κ2) is 5.91. The van der Waals surface area contributed by atoms with Crippen LogP contribution in [0.15, 0.2) is 0 Å². The summed E-state index contributed by atoms with van der Waals surface area (Å²) in [5.41, 5.74) is 0. The summed E-state index contributed by atoms with van der Waals surface area (Å²) in [6.07, 6.45) is 7.72. The molecule has 1 saturated carbocycles. The molecule has 0 aromatic carbocycles. The highest BCUT2D eigenvalue weighted by Crippen LogP contribution is 2.35. The molecule has 0 aromatic heterocycles. The molecule has 3 atom stereocenters. The van der Waals surface area contributed by atoms with Crippen LogP contribution in [-0.4, -0.2) is 31.1 Å². The van der Waals surface area contributed by atoms with E-state index in [1.807, 2.05) is 0 Å². The van der Waals surface area contributed by atoms with Gasteiger partial charge in [0.2, 0.25) is 0 Å². The second-order valence-corrected chi connectivity index (χ2v) is 3.72. The van der Waals surface area contributed by atoms with Gasteiger partial charge in [-0.15, -0.1) is 0 Å². The first kappa shape index (κ1) is 11.4. The summed E-state index contributed by atoms with van der Waals surface area (Å²) >= 11 is 0. The first-order valence-electron chi connectivity index (χ1n) is 5.04. The molecule has 0 aromatic rings. The zero-order chi connectivity index (χ0) is 10.4. The lowest BCUT2D eigenvalue weighted by Gasteiger charge is -2.00. The maximum atomic E-state index is 8.12. The molecule has 80 valence electrons. The van der Waals surface area contributed by atoms with E-state index < -0.39 is 0 Å². The zero-order valence-corrected chi connectivity index (χ0v) is 8.40. The van der Waals surface area contributed by atoms with E-state index >= 15 is 0 Å². The van der Waals surface area contributed by atoms with Crippen LogP contribution in [0.2, 0.25) is 0 Å². The molecule has 0 amide bonds. The van der Waals surface area contributed by atoms with Crippen LogP contribution >= 0.6 is 0 Å². The molecule has 0 N–H and O–H groups in total. The molecule has 3 aliphatic rings. The lowest BCUT2D eigenvalue weighted by atomic mass is 10.0. The third-order valence-electron chi connectivity index (χ3n) is 2.41. The minimum absolute atomic E-state index is 0.250. The van der Waals surface area contributed by atoms with Gasteiger partial charge in [0.25, 0.3) is 0 Å². The van der Waals surface area contributed by atoms with Gasteiger partial charge in [-0.05, 0) is 19.8 Å². The number of hydrogen-bond donors (Lipinski definition) is 0. The Morgan fingerprint density at radius 2 is 1.50 bits per heavy atom. The molecule has 2 heterocycles. The quantitative estimate of drug-likeness (QED) is 0.550. The second-order valence-electron chi connectivity index (χ2n) is 3.72. The van der Waals surface area contributed by atoms with Crippen LogP contribution in [0.4, 0.5) is 0 Å². The third-order valence-corrected chi connectivity index (χ3v) is 2.41. The summed E-state index contributed by atoms with van der Waals surface area (Å²) in [6, 6.07) is 0. The maximum absolute atomic E-state index is 8.12. The number of fused-ring (bicyclic) bond motifs is 1. The van der Waals surface area contributed by atoms with E-state index in [0.29, 0.717) is 18.3 Å². The van der Waals surface area contributed by atoms with E-state index in [1.54, 1.807) is 0 Å². The van der Waals surface area contributed by atoms with Crippen molar-refractivity contribution in [3.63, 3.8) is 0 Å². The van der Waals surface area contributed by atoms with Crippen molar-refractivity contribution in [3.8, 4) is 0 Å². The van der Waals surface area contributed by atoms with Crippen molar-refractivity contribution in [3.05, 3.63) is 0 Å².